The number of nitrogens with two attached hydrogens (primary N) is 1. The molecule has 0 bridgehead atoms. The fourth-order valence-electron chi connectivity index (χ4n) is 1.71. The highest BCUT2D eigenvalue weighted by molar-refractivity contribution is 14.1. The third-order valence-corrected chi connectivity index (χ3v) is 2.43. The van der Waals surface area contributed by atoms with E-state index in [1.165, 1.54) is 11.1 Å². The predicted octanol–water partition coefficient (Wildman–Crippen LogP) is 2.31. The molecule has 0 saturated carbocycles. The molecule has 2 rings (SSSR count). The SMILES string of the molecule is CI.CN1CCc2cc(N)ccc2C1. The summed E-state index contributed by atoms with van der Waals surface area (Å²) < 4.78 is 0. The Bertz CT molecular complexity index is 299. The summed E-state index contributed by atoms with van der Waals surface area (Å²) >= 11 is 2.15. The lowest BCUT2D eigenvalue weighted by Crippen LogP contribution is -2.26. The van der Waals surface area contributed by atoms with E-state index in [1.54, 1.807) is 0 Å². The van der Waals surface area contributed by atoms with Crippen molar-refractivity contribution < 1.29 is 0 Å². The van der Waals surface area contributed by atoms with Gasteiger partial charge in [0.15, 0.2) is 0 Å². The number of alkyl halides is 1. The first-order valence-corrected chi connectivity index (χ1v) is 6.85. The van der Waals surface area contributed by atoms with Gasteiger partial charge in [-0.3, -0.25) is 0 Å². The summed E-state index contributed by atoms with van der Waals surface area (Å²) in [5.41, 5.74) is 9.44. The maximum Gasteiger partial charge on any atom is 0.0316 e. The van der Waals surface area contributed by atoms with E-state index in [2.05, 4.69) is 46.7 Å². The first-order chi connectivity index (χ1) is 6.75. The van der Waals surface area contributed by atoms with Crippen molar-refractivity contribution in [2.45, 2.75) is 13.0 Å². The van der Waals surface area contributed by atoms with Crippen LogP contribution in [0.3, 0.4) is 0 Å². The number of rotatable bonds is 0. The number of likely N-dealkylation sites (N-methyl/N-ethyl adjacent to an activating group) is 1. The summed E-state index contributed by atoms with van der Waals surface area (Å²) in [6.07, 6.45) is 1.14. The molecule has 0 radical (unpaired) electrons. The van der Waals surface area contributed by atoms with Gasteiger partial charge in [-0.15, -0.1) is 0 Å². The van der Waals surface area contributed by atoms with Crippen molar-refractivity contribution in [1.82, 2.24) is 4.90 Å². The lowest BCUT2D eigenvalue weighted by atomic mass is 10.00. The quantitative estimate of drug-likeness (QED) is 0.453. The number of halogens is 1. The Balaban J connectivity index is 0.000000461. The molecule has 3 heteroatoms. The fourth-order valence-corrected chi connectivity index (χ4v) is 1.71. The first-order valence-electron chi connectivity index (χ1n) is 4.69. The second kappa shape index (κ2) is 5.56. The first kappa shape index (κ1) is 11.8. The van der Waals surface area contributed by atoms with Crippen LogP contribution in [0.25, 0.3) is 0 Å². The average Bonchev–Trinajstić information content (AvgIpc) is 2.21. The predicted molar refractivity (Wildman–Crippen MR) is 70.8 cm³/mol. The highest BCUT2D eigenvalue weighted by Crippen LogP contribution is 2.19. The van der Waals surface area contributed by atoms with Gasteiger partial charge in [0, 0.05) is 18.8 Å². The molecule has 2 N–H and O–H groups in total. The average molecular weight is 304 g/mol. The lowest BCUT2D eigenvalue weighted by Gasteiger charge is -2.24. The number of anilines is 1. The van der Waals surface area contributed by atoms with E-state index in [9.17, 15) is 0 Å². The Labute approximate surface area is 99.6 Å². The topological polar surface area (TPSA) is 29.3 Å². The zero-order valence-electron chi connectivity index (χ0n) is 8.76. The summed E-state index contributed by atoms with van der Waals surface area (Å²) in [5.74, 6) is 0. The summed E-state index contributed by atoms with van der Waals surface area (Å²) in [4.78, 5) is 4.30. The van der Waals surface area contributed by atoms with Crippen LogP contribution in [0.15, 0.2) is 18.2 Å². The van der Waals surface area contributed by atoms with Crippen LogP contribution in [-0.2, 0) is 13.0 Å². The zero-order valence-corrected chi connectivity index (χ0v) is 10.9. The third kappa shape index (κ3) is 2.85. The largest absolute Gasteiger partial charge is 0.399 e. The fraction of sp³-hybridized carbons (Fsp3) is 0.455. The van der Waals surface area contributed by atoms with Crippen LogP contribution in [0.5, 0.6) is 0 Å². The van der Waals surface area contributed by atoms with Crippen LogP contribution >= 0.6 is 22.6 Å². The summed E-state index contributed by atoms with van der Waals surface area (Å²) in [6, 6.07) is 6.22. The summed E-state index contributed by atoms with van der Waals surface area (Å²) in [5, 5.41) is 0. The van der Waals surface area contributed by atoms with Crippen molar-refractivity contribution in [1.29, 1.82) is 0 Å². The van der Waals surface area contributed by atoms with E-state index >= 15 is 0 Å². The molecular weight excluding hydrogens is 287 g/mol. The number of nitrogens with zero attached hydrogens (tertiary/aromatic N) is 1. The molecule has 0 unspecified atom stereocenters. The van der Waals surface area contributed by atoms with E-state index in [0.29, 0.717) is 0 Å². The third-order valence-electron chi connectivity index (χ3n) is 2.43. The molecule has 1 aliphatic rings. The van der Waals surface area contributed by atoms with Crippen molar-refractivity contribution in [3.8, 4) is 0 Å². The highest BCUT2D eigenvalue weighted by Gasteiger charge is 2.11. The molecule has 0 aliphatic carbocycles. The molecule has 78 valence electrons. The van der Waals surface area contributed by atoms with Crippen molar-refractivity contribution in [3.05, 3.63) is 29.3 Å². The molecule has 0 amide bonds. The minimum atomic E-state index is 0.887. The molecule has 1 aromatic carbocycles. The molecule has 0 saturated heterocycles. The maximum absolute atomic E-state index is 5.70. The standard InChI is InChI=1S/C10H14N2.CH3I/c1-12-5-4-8-6-10(11)3-2-9(8)7-12;1-2/h2-3,6H,4-5,7,11H2,1H3;1H3. The van der Waals surface area contributed by atoms with Gasteiger partial charge in [-0.25, -0.2) is 0 Å². The molecule has 0 atom stereocenters. The van der Waals surface area contributed by atoms with Crippen LogP contribution < -0.4 is 5.73 Å². The van der Waals surface area contributed by atoms with Gasteiger partial charge in [0.05, 0.1) is 0 Å². The number of hydrogen-bond acceptors (Lipinski definition) is 2. The van der Waals surface area contributed by atoms with Crippen LogP contribution in [0.2, 0.25) is 0 Å². The second-order valence-electron chi connectivity index (χ2n) is 3.52. The minimum Gasteiger partial charge on any atom is -0.399 e. The van der Waals surface area contributed by atoms with Gasteiger partial charge in [0.25, 0.3) is 0 Å². The zero-order chi connectivity index (χ0) is 10.6. The molecule has 14 heavy (non-hydrogen) atoms. The molecule has 1 aromatic rings. The Morgan fingerprint density at radius 2 is 2.00 bits per heavy atom. The molecule has 0 spiro atoms. The van der Waals surface area contributed by atoms with E-state index in [4.69, 9.17) is 5.73 Å². The van der Waals surface area contributed by atoms with Crippen molar-refractivity contribution in [2.24, 2.45) is 0 Å². The second-order valence-corrected chi connectivity index (χ2v) is 3.52. The van der Waals surface area contributed by atoms with Gasteiger partial charge in [0.2, 0.25) is 0 Å². The Kier molecular flexibility index (Phi) is 4.68. The Morgan fingerprint density at radius 3 is 2.71 bits per heavy atom. The van der Waals surface area contributed by atoms with Gasteiger partial charge in [-0.1, -0.05) is 28.7 Å². The maximum atomic E-state index is 5.70. The highest BCUT2D eigenvalue weighted by atomic mass is 127. The van der Waals surface area contributed by atoms with Crippen molar-refractivity contribution in [3.63, 3.8) is 0 Å². The van der Waals surface area contributed by atoms with Crippen molar-refractivity contribution in [2.75, 3.05) is 24.3 Å². The molecule has 2 nitrogen and oxygen atoms in total. The Morgan fingerprint density at radius 1 is 1.29 bits per heavy atom. The van der Waals surface area contributed by atoms with Crippen molar-refractivity contribution >= 4 is 28.3 Å². The van der Waals surface area contributed by atoms with Gasteiger partial charge in [0.1, 0.15) is 0 Å². The Hall–Kier alpha value is -0.290. The lowest BCUT2D eigenvalue weighted by molar-refractivity contribution is 0.313. The van der Waals surface area contributed by atoms with Gasteiger partial charge in [-0.05, 0) is 41.7 Å². The van der Waals surface area contributed by atoms with Crippen LogP contribution in [0, 0.1) is 0 Å². The monoisotopic (exact) mass is 304 g/mol. The smallest absolute Gasteiger partial charge is 0.0316 e. The number of fused-ring (bicyclic) bond motifs is 1. The van der Waals surface area contributed by atoms with Crippen LogP contribution in [0.4, 0.5) is 5.69 Å². The minimum absolute atomic E-state index is 0.887. The molecule has 0 fully saturated rings. The van der Waals surface area contributed by atoms with Crippen LogP contribution in [0.1, 0.15) is 11.1 Å². The van der Waals surface area contributed by atoms with E-state index in [1.807, 2.05) is 11.0 Å². The number of hydrogen-bond donors (Lipinski definition) is 1. The van der Waals surface area contributed by atoms with E-state index < -0.39 is 0 Å². The molecule has 0 aromatic heterocycles. The van der Waals surface area contributed by atoms with E-state index in [-0.39, 0.29) is 0 Å². The van der Waals surface area contributed by atoms with Gasteiger partial charge < -0.3 is 10.6 Å². The van der Waals surface area contributed by atoms with Gasteiger partial charge in [-0.2, -0.15) is 0 Å². The summed E-state index contributed by atoms with van der Waals surface area (Å²) in [7, 11) is 2.15. The number of nitrogen functional groups attached to an aromatic ring is 1. The van der Waals surface area contributed by atoms with Gasteiger partial charge >= 0.3 is 0 Å². The normalized spacial score (nSPS) is 15.4. The molecule has 1 aliphatic heterocycles. The molecular formula is C11H17IN2. The number of benzene rings is 1. The molecule has 1 heterocycles. The summed E-state index contributed by atoms with van der Waals surface area (Å²) in [6.45, 7) is 2.21. The van der Waals surface area contributed by atoms with Crippen LogP contribution in [-0.4, -0.2) is 23.4 Å². The van der Waals surface area contributed by atoms with E-state index in [0.717, 1.165) is 25.2 Å².